The monoisotopic (exact) mass is 328 g/mol. The maximum Gasteiger partial charge on any atom is 0.229 e. The lowest BCUT2D eigenvalue weighted by Gasteiger charge is -2.00. The van der Waals surface area contributed by atoms with E-state index in [4.69, 9.17) is 4.52 Å². The summed E-state index contributed by atoms with van der Waals surface area (Å²) in [5.41, 5.74) is 0. The van der Waals surface area contributed by atoms with Crippen LogP contribution in [0.15, 0.2) is 38.2 Å². The number of nitrogens with zero attached hydrogens (tertiary/aromatic N) is 2. The number of aromatic nitrogens is 2. The lowest BCUT2D eigenvalue weighted by molar-refractivity contribution is 0.181. The van der Waals surface area contributed by atoms with Crippen LogP contribution in [0.2, 0.25) is 0 Å². The first-order chi connectivity index (χ1) is 8.65. The van der Waals surface area contributed by atoms with Crippen molar-refractivity contribution in [3.8, 4) is 0 Å². The Balaban J connectivity index is 1.94. The largest absolute Gasteiger partial charge is 0.393 e. The van der Waals surface area contributed by atoms with Gasteiger partial charge in [-0.15, -0.1) is 11.8 Å². The molecule has 1 unspecified atom stereocenters. The molecule has 1 aromatic heterocycles. The van der Waals surface area contributed by atoms with Gasteiger partial charge in [0.1, 0.15) is 0 Å². The molecule has 0 aliphatic rings. The summed E-state index contributed by atoms with van der Waals surface area (Å²) >= 11 is 5.13. The second-order valence-electron chi connectivity index (χ2n) is 3.88. The molecular formula is C12H13BrN2O2S. The molecule has 0 saturated heterocycles. The first-order valence-electron chi connectivity index (χ1n) is 5.52. The van der Waals surface area contributed by atoms with Crippen molar-refractivity contribution in [2.45, 2.75) is 30.1 Å². The Morgan fingerprint density at radius 3 is 2.94 bits per heavy atom. The van der Waals surface area contributed by atoms with Gasteiger partial charge in [0.05, 0.1) is 18.3 Å². The molecule has 96 valence electrons. The Kier molecular flexibility index (Phi) is 4.79. The third-order valence-electron chi connectivity index (χ3n) is 2.17. The molecule has 0 spiro atoms. The van der Waals surface area contributed by atoms with E-state index in [1.165, 1.54) is 0 Å². The minimum atomic E-state index is -0.464. The second kappa shape index (κ2) is 6.36. The SMILES string of the molecule is CC(O)Cc1nc(CSc2ccccc2Br)no1. The molecule has 1 heterocycles. The summed E-state index contributed by atoms with van der Waals surface area (Å²) in [5.74, 6) is 1.77. The van der Waals surface area contributed by atoms with Crippen molar-refractivity contribution >= 4 is 27.7 Å². The fourth-order valence-electron chi connectivity index (χ4n) is 1.39. The number of hydrogen-bond donors (Lipinski definition) is 1. The van der Waals surface area contributed by atoms with E-state index < -0.39 is 6.10 Å². The Morgan fingerprint density at radius 2 is 2.22 bits per heavy atom. The maximum atomic E-state index is 9.22. The summed E-state index contributed by atoms with van der Waals surface area (Å²) < 4.78 is 6.11. The number of benzene rings is 1. The molecule has 18 heavy (non-hydrogen) atoms. The van der Waals surface area contributed by atoms with Crippen molar-refractivity contribution in [3.63, 3.8) is 0 Å². The molecule has 0 bridgehead atoms. The van der Waals surface area contributed by atoms with Crippen LogP contribution < -0.4 is 0 Å². The van der Waals surface area contributed by atoms with Crippen LogP contribution in [0.25, 0.3) is 0 Å². The van der Waals surface area contributed by atoms with Crippen LogP contribution in [0.4, 0.5) is 0 Å². The molecule has 0 aliphatic heterocycles. The van der Waals surface area contributed by atoms with Gasteiger partial charge in [-0.2, -0.15) is 4.98 Å². The molecule has 0 saturated carbocycles. The van der Waals surface area contributed by atoms with E-state index >= 15 is 0 Å². The Labute approximate surface area is 118 Å². The quantitative estimate of drug-likeness (QED) is 0.855. The molecule has 0 radical (unpaired) electrons. The number of rotatable bonds is 5. The zero-order chi connectivity index (χ0) is 13.0. The summed E-state index contributed by atoms with van der Waals surface area (Å²) in [5, 5.41) is 13.1. The highest BCUT2D eigenvalue weighted by atomic mass is 79.9. The van der Waals surface area contributed by atoms with Gasteiger partial charge in [-0.3, -0.25) is 0 Å². The van der Waals surface area contributed by atoms with Crippen LogP contribution in [0, 0.1) is 0 Å². The van der Waals surface area contributed by atoms with E-state index in [0.717, 1.165) is 9.37 Å². The summed E-state index contributed by atoms with van der Waals surface area (Å²) in [7, 11) is 0. The fourth-order valence-corrected chi connectivity index (χ4v) is 2.80. The third-order valence-corrected chi connectivity index (χ3v) is 4.20. The molecule has 0 amide bonds. The third kappa shape index (κ3) is 3.83. The van der Waals surface area contributed by atoms with Gasteiger partial charge in [-0.25, -0.2) is 0 Å². The fraction of sp³-hybridized carbons (Fsp3) is 0.333. The second-order valence-corrected chi connectivity index (χ2v) is 5.75. The van der Waals surface area contributed by atoms with Gasteiger partial charge >= 0.3 is 0 Å². The number of halogens is 1. The smallest absolute Gasteiger partial charge is 0.229 e. The van der Waals surface area contributed by atoms with Gasteiger partial charge in [0, 0.05) is 9.37 Å². The molecule has 0 fully saturated rings. The molecule has 1 aromatic carbocycles. The summed E-state index contributed by atoms with van der Waals surface area (Å²) in [6.07, 6.45) is -0.0682. The van der Waals surface area contributed by atoms with Crippen LogP contribution >= 0.6 is 27.7 Å². The van der Waals surface area contributed by atoms with Crippen molar-refractivity contribution in [3.05, 3.63) is 40.5 Å². The number of aliphatic hydroxyl groups is 1. The van der Waals surface area contributed by atoms with Gasteiger partial charge < -0.3 is 9.63 Å². The molecule has 1 N–H and O–H groups in total. The standard InChI is InChI=1S/C12H13BrN2O2S/c1-8(16)6-12-14-11(15-17-12)7-18-10-5-3-2-4-9(10)13/h2-5,8,16H,6-7H2,1H3. The van der Waals surface area contributed by atoms with E-state index in [9.17, 15) is 5.11 Å². The predicted molar refractivity (Wildman–Crippen MR) is 73.4 cm³/mol. The number of aliphatic hydroxyl groups excluding tert-OH is 1. The number of thioether (sulfide) groups is 1. The van der Waals surface area contributed by atoms with Crippen LogP contribution in [0.5, 0.6) is 0 Å². The van der Waals surface area contributed by atoms with Gasteiger partial charge in [0.15, 0.2) is 5.82 Å². The van der Waals surface area contributed by atoms with Crippen molar-refractivity contribution in [1.82, 2.24) is 10.1 Å². The highest BCUT2D eigenvalue weighted by molar-refractivity contribution is 9.10. The van der Waals surface area contributed by atoms with Gasteiger partial charge in [0.2, 0.25) is 5.89 Å². The lowest BCUT2D eigenvalue weighted by atomic mass is 10.3. The zero-order valence-electron chi connectivity index (χ0n) is 9.84. The molecule has 2 aromatic rings. The topological polar surface area (TPSA) is 59.2 Å². The first-order valence-corrected chi connectivity index (χ1v) is 7.30. The van der Waals surface area contributed by atoms with Crippen molar-refractivity contribution in [2.75, 3.05) is 0 Å². The van der Waals surface area contributed by atoms with Crippen molar-refractivity contribution in [1.29, 1.82) is 0 Å². The average molecular weight is 329 g/mol. The van der Waals surface area contributed by atoms with E-state index in [0.29, 0.717) is 23.9 Å². The molecule has 2 rings (SSSR count). The summed E-state index contributed by atoms with van der Waals surface area (Å²) in [6, 6.07) is 7.99. The van der Waals surface area contributed by atoms with E-state index in [2.05, 4.69) is 26.1 Å². The molecular weight excluding hydrogens is 316 g/mol. The average Bonchev–Trinajstić information content (AvgIpc) is 2.75. The Bertz CT molecular complexity index is 516. The van der Waals surface area contributed by atoms with Gasteiger partial charge in [-0.1, -0.05) is 17.3 Å². The molecule has 0 aliphatic carbocycles. The molecule has 4 nitrogen and oxygen atoms in total. The van der Waals surface area contributed by atoms with Gasteiger partial charge in [0.25, 0.3) is 0 Å². The van der Waals surface area contributed by atoms with Crippen molar-refractivity contribution < 1.29 is 9.63 Å². The zero-order valence-corrected chi connectivity index (χ0v) is 12.2. The highest BCUT2D eigenvalue weighted by Gasteiger charge is 2.09. The van der Waals surface area contributed by atoms with E-state index in [1.807, 2.05) is 24.3 Å². The van der Waals surface area contributed by atoms with E-state index in [1.54, 1.807) is 18.7 Å². The van der Waals surface area contributed by atoms with Gasteiger partial charge in [-0.05, 0) is 35.0 Å². The van der Waals surface area contributed by atoms with Crippen LogP contribution in [0.1, 0.15) is 18.6 Å². The summed E-state index contributed by atoms with van der Waals surface area (Å²) in [6.45, 7) is 1.69. The minimum absolute atomic E-state index is 0.396. The Morgan fingerprint density at radius 1 is 1.44 bits per heavy atom. The van der Waals surface area contributed by atoms with Crippen molar-refractivity contribution in [2.24, 2.45) is 0 Å². The first kappa shape index (κ1) is 13.6. The highest BCUT2D eigenvalue weighted by Crippen LogP contribution is 2.28. The summed E-state index contributed by atoms with van der Waals surface area (Å²) in [4.78, 5) is 5.36. The molecule has 6 heteroatoms. The normalized spacial score (nSPS) is 12.6. The van der Waals surface area contributed by atoms with E-state index in [-0.39, 0.29) is 0 Å². The van der Waals surface area contributed by atoms with Crippen LogP contribution in [-0.4, -0.2) is 21.4 Å². The maximum absolute atomic E-state index is 9.22. The predicted octanol–water partition coefficient (Wildman–Crippen LogP) is 3.05. The lowest BCUT2D eigenvalue weighted by Crippen LogP contribution is -2.04. The molecule has 1 atom stereocenters. The Hall–Kier alpha value is -0.850. The van der Waals surface area contributed by atoms with Crippen LogP contribution in [-0.2, 0) is 12.2 Å². The van der Waals surface area contributed by atoms with Crippen LogP contribution in [0.3, 0.4) is 0 Å². The minimum Gasteiger partial charge on any atom is -0.393 e. The number of hydrogen-bond acceptors (Lipinski definition) is 5.